The van der Waals surface area contributed by atoms with Gasteiger partial charge in [-0.3, -0.25) is 0 Å². The van der Waals surface area contributed by atoms with Crippen LogP contribution in [0.4, 0.5) is 4.79 Å². The molecule has 2 aromatic rings. The van der Waals surface area contributed by atoms with Crippen molar-refractivity contribution < 1.29 is 23.7 Å². The second-order valence-electron chi connectivity index (χ2n) is 8.60. The molecule has 4 heterocycles. The van der Waals surface area contributed by atoms with Gasteiger partial charge in [-0.25, -0.2) is 9.80 Å². The van der Waals surface area contributed by atoms with Gasteiger partial charge in [0.15, 0.2) is 11.5 Å². The minimum absolute atomic E-state index is 0.00187. The maximum Gasteiger partial charge on any atom is 0.409 e. The fourth-order valence-electron chi connectivity index (χ4n) is 5.09. The van der Waals surface area contributed by atoms with Crippen molar-refractivity contribution in [3.8, 4) is 17.2 Å². The lowest BCUT2D eigenvalue weighted by Gasteiger charge is -2.51. The molecule has 33 heavy (non-hydrogen) atoms. The molecule has 172 valence electrons. The lowest BCUT2D eigenvalue weighted by molar-refractivity contribution is -0.147. The molecule has 8 nitrogen and oxygen atoms in total. The number of amides is 1. The van der Waals surface area contributed by atoms with Crippen LogP contribution in [-0.2, 0) is 4.74 Å². The first-order valence-electron chi connectivity index (χ1n) is 11.2. The fraction of sp³-hybridized carbons (Fsp3) is 0.417. The van der Waals surface area contributed by atoms with Crippen molar-refractivity contribution in [2.75, 3.05) is 26.5 Å². The van der Waals surface area contributed by atoms with Gasteiger partial charge in [-0.05, 0) is 43.3 Å². The number of carbonyl (C=O) groups excluding carboxylic acids is 1. The molecular weight excluding hydrogens is 446 g/mol. The zero-order valence-electron chi connectivity index (χ0n) is 18.3. The molecule has 0 N–H and O–H groups in total. The number of hydrazone groups is 1. The number of nitrogens with zero attached hydrogens (tertiary/aromatic N) is 3. The van der Waals surface area contributed by atoms with Crippen LogP contribution in [0.5, 0.6) is 17.2 Å². The molecular formula is C24H24ClN3O5. The van der Waals surface area contributed by atoms with E-state index in [1.807, 2.05) is 43.3 Å². The molecule has 1 saturated heterocycles. The molecule has 1 spiro atoms. The van der Waals surface area contributed by atoms with Gasteiger partial charge >= 0.3 is 6.09 Å². The molecule has 0 aliphatic carbocycles. The van der Waals surface area contributed by atoms with Gasteiger partial charge < -0.3 is 23.8 Å². The van der Waals surface area contributed by atoms with E-state index in [4.69, 9.17) is 35.6 Å². The summed E-state index contributed by atoms with van der Waals surface area (Å²) in [4.78, 5) is 14.0. The Labute approximate surface area is 196 Å². The van der Waals surface area contributed by atoms with Gasteiger partial charge in [-0.1, -0.05) is 11.6 Å². The second-order valence-corrected chi connectivity index (χ2v) is 9.03. The van der Waals surface area contributed by atoms with E-state index in [-0.39, 0.29) is 18.9 Å². The SMILES string of the molecule is CCOC(=O)N1CCC2(CC1)Oc1ccc(Cl)cc1[C@@H]1CC(c3ccc4c(c3)OCO4)=NN12. The number of piperidine rings is 1. The molecule has 0 radical (unpaired) electrons. The highest BCUT2D eigenvalue weighted by Gasteiger charge is 2.52. The molecule has 0 saturated carbocycles. The van der Waals surface area contributed by atoms with E-state index in [2.05, 4.69) is 5.01 Å². The summed E-state index contributed by atoms with van der Waals surface area (Å²) >= 11 is 6.35. The summed E-state index contributed by atoms with van der Waals surface area (Å²) in [6.45, 7) is 3.50. The van der Waals surface area contributed by atoms with Crippen LogP contribution in [0, 0.1) is 0 Å². The predicted octanol–water partition coefficient (Wildman–Crippen LogP) is 4.56. The van der Waals surface area contributed by atoms with Crippen LogP contribution in [-0.4, -0.2) is 53.9 Å². The number of ether oxygens (including phenoxy) is 4. The van der Waals surface area contributed by atoms with Crippen molar-refractivity contribution in [3.05, 3.63) is 52.5 Å². The van der Waals surface area contributed by atoms with E-state index in [1.54, 1.807) is 4.90 Å². The Morgan fingerprint density at radius 3 is 2.76 bits per heavy atom. The van der Waals surface area contributed by atoms with E-state index in [1.165, 1.54) is 0 Å². The summed E-state index contributed by atoms with van der Waals surface area (Å²) in [5, 5.41) is 7.83. The average Bonchev–Trinajstić information content (AvgIpc) is 3.48. The van der Waals surface area contributed by atoms with Crippen LogP contribution in [0.25, 0.3) is 0 Å². The summed E-state index contributed by atoms with van der Waals surface area (Å²) in [6.07, 6.45) is 1.70. The largest absolute Gasteiger partial charge is 0.466 e. The van der Waals surface area contributed by atoms with Crippen molar-refractivity contribution in [3.63, 3.8) is 0 Å². The molecule has 1 fully saturated rings. The Bertz CT molecular complexity index is 1140. The van der Waals surface area contributed by atoms with Gasteiger partial charge in [0.25, 0.3) is 0 Å². The van der Waals surface area contributed by atoms with Crippen molar-refractivity contribution >= 4 is 23.4 Å². The molecule has 0 aromatic heterocycles. The monoisotopic (exact) mass is 469 g/mol. The normalized spacial score (nSPS) is 21.9. The van der Waals surface area contributed by atoms with E-state index < -0.39 is 5.72 Å². The maximum atomic E-state index is 12.2. The quantitative estimate of drug-likeness (QED) is 0.642. The molecule has 9 heteroatoms. The van der Waals surface area contributed by atoms with Crippen LogP contribution in [0.2, 0.25) is 5.02 Å². The number of likely N-dealkylation sites (tertiary alicyclic amines) is 1. The Morgan fingerprint density at radius 1 is 1.15 bits per heavy atom. The van der Waals surface area contributed by atoms with Crippen LogP contribution in [0.1, 0.15) is 43.4 Å². The smallest absolute Gasteiger partial charge is 0.409 e. The third-order valence-corrected chi connectivity index (χ3v) is 6.97. The third kappa shape index (κ3) is 3.35. The Hall–Kier alpha value is -3.13. The average molecular weight is 470 g/mol. The Morgan fingerprint density at radius 2 is 1.94 bits per heavy atom. The van der Waals surface area contributed by atoms with Gasteiger partial charge in [0, 0.05) is 48.5 Å². The topological polar surface area (TPSA) is 72.8 Å². The first kappa shape index (κ1) is 20.5. The minimum atomic E-state index is -0.632. The molecule has 1 atom stereocenters. The van der Waals surface area contributed by atoms with E-state index in [0.717, 1.165) is 40.5 Å². The number of fused-ring (bicyclic) bond motifs is 5. The van der Waals surface area contributed by atoms with Gasteiger partial charge in [0.2, 0.25) is 12.5 Å². The van der Waals surface area contributed by atoms with Crippen LogP contribution >= 0.6 is 11.6 Å². The van der Waals surface area contributed by atoms with Gasteiger partial charge in [0.05, 0.1) is 18.4 Å². The van der Waals surface area contributed by atoms with Gasteiger partial charge in [-0.2, -0.15) is 5.10 Å². The van der Waals surface area contributed by atoms with Crippen molar-refractivity contribution in [1.82, 2.24) is 9.91 Å². The number of benzene rings is 2. The number of hydrogen-bond acceptors (Lipinski definition) is 7. The summed E-state index contributed by atoms with van der Waals surface area (Å²) in [6, 6.07) is 11.7. The molecule has 0 bridgehead atoms. The molecule has 2 aromatic carbocycles. The summed E-state index contributed by atoms with van der Waals surface area (Å²) in [5.41, 5.74) is 2.35. The van der Waals surface area contributed by atoms with Crippen LogP contribution in [0.15, 0.2) is 41.5 Å². The van der Waals surface area contributed by atoms with Crippen LogP contribution < -0.4 is 14.2 Å². The lowest BCUT2D eigenvalue weighted by atomic mass is 9.90. The highest BCUT2D eigenvalue weighted by atomic mass is 35.5. The Kier molecular flexibility index (Phi) is 4.79. The van der Waals surface area contributed by atoms with Gasteiger partial charge in [-0.15, -0.1) is 0 Å². The summed E-state index contributed by atoms with van der Waals surface area (Å²) in [5.74, 6) is 2.31. The van der Waals surface area contributed by atoms with E-state index in [0.29, 0.717) is 37.6 Å². The zero-order valence-corrected chi connectivity index (χ0v) is 19.0. The first-order valence-corrected chi connectivity index (χ1v) is 11.6. The van der Waals surface area contributed by atoms with Crippen molar-refractivity contribution in [1.29, 1.82) is 0 Å². The first-order chi connectivity index (χ1) is 16.1. The highest BCUT2D eigenvalue weighted by Crippen LogP contribution is 2.50. The number of carbonyl (C=O) groups is 1. The van der Waals surface area contributed by atoms with E-state index in [9.17, 15) is 4.79 Å². The molecule has 1 amide bonds. The summed E-state index contributed by atoms with van der Waals surface area (Å²) in [7, 11) is 0. The molecule has 6 rings (SSSR count). The molecule has 4 aliphatic heterocycles. The predicted molar refractivity (Wildman–Crippen MR) is 121 cm³/mol. The number of rotatable bonds is 2. The third-order valence-electron chi connectivity index (χ3n) is 6.74. The maximum absolute atomic E-state index is 12.2. The van der Waals surface area contributed by atoms with E-state index >= 15 is 0 Å². The second kappa shape index (κ2) is 7.73. The lowest BCUT2D eigenvalue weighted by Crippen LogP contribution is -2.59. The van der Waals surface area contributed by atoms with Gasteiger partial charge in [0.1, 0.15) is 5.75 Å². The molecule has 4 aliphatic rings. The number of halogens is 1. The van der Waals surface area contributed by atoms with Crippen molar-refractivity contribution in [2.45, 2.75) is 38.0 Å². The summed E-state index contributed by atoms with van der Waals surface area (Å²) < 4.78 is 22.8. The number of hydrogen-bond donors (Lipinski definition) is 0. The van der Waals surface area contributed by atoms with Crippen LogP contribution in [0.3, 0.4) is 0 Å². The molecule has 0 unspecified atom stereocenters. The minimum Gasteiger partial charge on any atom is -0.466 e. The van der Waals surface area contributed by atoms with Crippen molar-refractivity contribution in [2.24, 2.45) is 5.10 Å². The standard InChI is InChI=1S/C24H24ClN3O5/c1-2-30-23(29)27-9-7-24(8-10-27)28-19(17-12-16(25)4-6-20(17)33-24)13-18(26-28)15-3-5-21-22(11-15)32-14-31-21/h3-6,11-12,19H,2,7-10,13-14H2,1H3/t19-/m0/s1. The fourth-order valence-corrected chi connectivity index (χ4v) is 5.27. The Balaban J connectivity index is 1.35. The highest BCUT2D eigenvalue weighted by molar-refractivity contribution is 6.30. The zero-order chi connectivity index (χ0) is 22.6.